The van der Waals surface area contributed by atoms with E-state index in [2.05, 4.69) is 20.8 Å². The fourth-order valence-electron chi connectivity index (χ4n) is 2.07. The lowest BCUT2D eigenvalue weighted by molar-refractivity contribution is -0.220. The van der Waals surface area contributed by atoms with Gasteiger partial charge in [-0.3, -0.25) is 0 Å². The summed E-state index contributed by atoms with van der Waals surface area (Å²) in [5.74, 6) is 0. The Balaban J connectivity index is 4.63. The topological polar surface area (TPSA) is 57.2 Å². The maximum Gasteiger partial charge on any atom is 0.183 e. The molecule has 0 aliphatic heterocycles. The molecule has 0 saturated carbocycles. The zero-order chi connectivity index (χ0) is 17.3. The molecule has 0 aromatic rings. The second-order valence-corrected chi connectivity index (χ2v) is 5.73. The second-order valence-electron chi connectivity index (χ2n) is 5.73. The lowest BCUT2D eigenvalue weighted by Gasteiger charge is -2.30. The zero-order valence-electron chi connectivity index (χ0n) is 15.6. The minimum absolute atomic E-state index is 0.309. The maximum atomic E-state index is 10.3. The molecule has 23 heavy (non-hydrogen) atoms. The standard InChI is InChI=1S/C18H38O5/c1-5-9-12-20-15-16(22-13-10-6-2)17(18(19)21-8-4)23-14-11-7-3/h16-19H,5-15H2,1-4H3/t16?,17-,18+/m0/s1. The predicted octanol–water partition coefficient (Wildman–Crippen LogP) is 3.53. The van der Waals surface area contributed by atoms with Crippen molar-refractivity contribution in [3.8, 4) is 0 Å². The van der Waals surface area contributed by atoms with Gasteiger partial charge in [0, 0.05) is 26.4 Å². The van der Waals surface area contributed by atoms with Gasteiger partial charge in [-0.1, -0.05) is 40.0 Å². The molecule has 0 fully saturated rings. The monoisotopic (exact) mass is 334 g/mol. The van der Waals surface area contributed by atoms with Crippen LogP contribution in [-0.4, -0.2) is 56.6 Å². The molecule has 1 unspecified atom stereocenters. The molecule has 0 saturated heterocycles. The summed E-state index contributed by atoms with van der Waals surface area (Å²) in [5, 5.41) is 10.3. The van der Waals surface area contributed by atoms with Gasteiger partial charge in [0.1, 0.15) is 12.2 Å². The number of rotatable bonds is 17. The normalized spacial score (nSPS) is 15.5. The average molecular weight is 334 g/mol. The molecule has 0 aliphatic carbocycles. The molecule has 0 spiro atoms. The predicted molar refractivity (Wildman–Crippen MR) is 92.7 cm³/mol. The summed E-state index contributed by atoms with van der Waals surface area (Å²) in [6.45, 7) is 11.0. The number of aliphatic hydroxyl groups excluding tert-OH is 1. The van der Waals surface area contributed by atoms with E-state index in [9.17, 15) is 5.11 Å². The van der Waals surface area contributed by atoms with Crippen LogP contribution in [0.4, 0.5) is 0 Å². The van der Waals surface area contributed by atoms with Crippen LogP contribution in [0.15, 0.2) is 0 Å². The summed E-state index contributed by atoms with van der Waals surface area (Å²) in [6.07, 6.45) is 4.36. The zero-order valence-corrected chi connectivity index (χ0v) is 15.6. The lowest BCUT2D eigenvalue weighted by Crippen LogP contribution is -2.45. The molecule has 0 bridgehead atoms. The van der Waals surface area contributed by atoms with Gasteiger partial charge in [0.25, 0.3) is 0 Å². The number of hydrogen-bond acceptors (Lipinski definition) is 5. The largest absolute Gasteiger partial charge is 0.379 e. The Labute approximate surface area is 142 Å². The van der Waals surface area contributed by atoms with Gasteiger partial charge in [-0.25, -0.2) is 0 Å². The first-order chi connectivity index (χ1) is 11.2. The van der Waals surface area contributed by atoms with E-state index in [4.69, 9.17) is 18.9 Å². The van der Waals surface area contributed by atoms with Crippen molar-refractivity contribution in [2.75, 3.05) is 33.0 Å². The number of aliphatic hydroxyl groups is 1. The molecule has 3 atom stereocenters. The van der Waals surface area contributed by atoms with Crippen molar-refractivity contribution in [1.29, 1.82) is 0 Å². The molecule has 1 N–H and O–H groups in total. The maximum absolute atomic E-state index is 10.3. The lowest BCUT2D eigenvalue weighted by atomic mass is 10.2. The van der Waals surface area contributed by atoms with E-state index < -0.39 is 12.4 Å². The van der Waals surface area contributed by atoms with Gasteiger partial charge in [0.05, 0.1) is 6.61 Å². The van der Waals surface area contributed by atoms with Crippen molar-refractivity contribution in [3.05, 3.63) is 0 Å². The van der Waals surface area contributed by atoms with Crippen LogP contribution in [-0.2, 0) is 18.9 Å². The van der Waals surface area contributed by atoms with Gasteiger partial charge in [0.15, 0.2) is 6.29 Å². The van der Waals surface area contributed by atoms with E-state index in [0.717, 1.165) is 38.5 Å². The molecular weight excluding hydrogens is 296 g/mol. The van der Waals surface area contributed by atoms with E-state index in [1.165, 1.54) is 0 Å². The van der Waals surface area contributed by atoms with Crippen LogP contribution in [0.5, 0.6) is 0 Å². The van der Waals surface area contributed by atoms with E-state index in [1.54, 1.807) is 0 Å². The van der Waals surface area contributed by atoms with Crippen molar-refractivity contribution >= 4 is 0 Å². The fourth-order valence-corrected chi connectivity index (χ4v) is 2.07. The second kappa shape index (κ2) is 16.7. The Morgan fingerprint density at radius 2 is 1.30 bits per heavy atom. The highest BCUT2D eigenvalue weighted by Gasteiger charge is 2.31. The number of unbranched alkanes of at least 4 members (excludes halogenated alkanes) is 3. The average Bonchev–Trinajstić information content (AvgIpc) is 2.54. The highest BCUT2D eigenvalue weighted by Crippen LogP contribution is 2.14. The highest BCUT2D eigenvalue weighted by atomic mass is 16.6. The fraction of sp³-hybridized carbons (Fsp3) is 1.00. The van der Waals surface area contributed by atoms with Crippen LogP contribution in [0, 0.1) is 0 Å². The Kier molecular flexibility index (Phi) is 16.5. The summed E-state index contributed by atoms with van der Waals surface area (Å²) in [6, 6.07) is 0. The SMILES string of the molecule is CCCCOCC(OCCCC)[C@H](OCCCC)[C@H](O)OCC. The molecule has 5 nitrogen and oxygen atoms in total. The van der Waals surface area contributed by atoms with Crippen molar-refractivity contribution in [3.63, 3.8) is 0 Å². The van der Waals surface area contributed by atoms with Crippen molar-refractivity contribution < 1.29 is 24.1 Å². The first-order valence-corrected chi connectivity index (χ1v) is 9.31. The van der Waals surface area contributed by atoms with Crippen LogP contribution >= 0.6 is 0 Å². The Bertz CT molecular complexity index is 237. The Morgan fingerprint density at radius 3 is 1.87 bits per heavy atom. The molecular formula is C18H38O5. The summed E-state index contributed by atoms with van der Waals surface area (Å²) >= 11 is 0. The third kappa shape index (κ3) is 11.9. The number of hydrogen-bond donors (Lipinski definition) is 1. The third-order valence-electron chi connectivity index (χ3n) is 3.55. The van der Waals surface area contributed by atoms with Crippen molar-refractivity contribution in [2.45, 2.75) is 84.7 Å². The molecule has 0 heterocycles. The summed E-state index contributed by atoms with van der Waals surface area (Å²) < 4.78 is 22.9. The first-order valence-electron chi connectivity index (χ1n) is 9.31. The number of ether oxygens (including phenoxy) is 4. The molecule has 0 rings (SSSR count). The first kappa shape index (κ1) is 22.8. The summed E-state index contributed by atoms with van der Waals surface area (Å²) in [5.41, 5.74) is 0. The van der Waals surface area contributed by atoms with E-state index in [-0.39, 0.29) is 6.10 Å². The van der Waals surface area contributed by atoms with E-state index in [0.29, 0.717) is 33.0 Å². The Hall–Kier alpha value is -0.200. The smallest absolute Gasteiger partial charge is 0.183 e. The van der Waals surface area contributed by atoms with E-state index >= 15 is 0 Å². The quantitative estimate of drug-likeness (QED) is 0.326. The minimum atomic E-state index is -0.988. The highest BCUT2D eigenvalue weighted by molar-refractivity contribution is 4.74. The van der Waals surface area contributed by atoms with Gasteiger partial charge >= 0.3 is 0 Å². The van der Waals surface area contributed by atoms with Crippen LogP contribution in [0.25, 0.3) is 0 Å². The third-order valence-corrected chi connectivity index (χ3v) is 3.55. The molecule has 140 valence electrons. The minimum Gasteiger partial charge on any atom is -0.379 e. The van der Waals surface area contributed by atoms with Gasteiger partial charge in [-0.05, 0) is 26.2 Å². The van der Waals surface area contributed by atoms with Gasteiger partial charge < -0.3 is 24.1 Å². The van der Waals surface area contributed by atoms with Crippen molar-refractivity contribution in [2.24, 2.45) is 0 Å². The molecule has 0 radical (unpaired) electrons. The Morgan fingerprint density at radius 1 is 0.739 bits per heavy atom. The van der Waals surface area contributed by atoms with Crippen LogP contribution in [0.1, 0.15) is 66.2 Å². The molecule has 0 aromatic carbocycles. The van der Waals surface area contributed by atoms with Crippen LogP contribution < -0.4 is 0 Å². The molecule has 0 amide bonds. The molecule has 5 heteroatoms. The van der Waals surface area contributed by atoms with Crippen LogP contribution in [0.2, 0.25) is 0 Å². The van der Waals surface area contributed by atoms with E-state index in [1.807, 2.05) is 6.92 Å². The summed E-state index contributed by atoms with van der Waals surface area (Å²) in [4.78, 5) is 0. The van der Waals surface area contributed by atoms with Gasteiger partial charge in [-0.15, -0.1) is 0 Å². The van der Waals surface area contributed by atoms with Crippen molar-refractivity contribution in [1.82, 2.24) is 0 Å². The van der Waals surface area contributed by atoms with Crippen LogP contribution in [0.3, 0.4) is 0 Å². The molecule has 0 aromatic heterocycles. The van der Waals surface area contributed by atoms with Gasteiger partial charge in [-0.2, -0.15) is 0 Å². The van der Waals surface area contributed by atoms with Gasteiger partial charge in [0.2, 0.25) is 0 Å². The molecule has 0 aliphatic rings. The summed E-state index contributed by atoms with van der Waals surface area (Å²) in [7, 11) is 0.